The summed E-state index contributed by atoms with van der Waals surface area (Å²) in [5, 5.41) is 8.94. The Balaban J connectivity index is 2.49. The number of carboxylic acid groups (broad SMARTS) is 1. The minimum atomic E-state index is -1.16. The van der Waals surface area contributed by atoms with Gasteiger partial charge >= 0.3 is 11.9 Å². The lowest BCUT2D eigenvalue weighted by Crippen LogP contribution is -2.02. The molecule has 0 unspecified atom stereocenters. The molecule has 1 N–H and O–H groups in total. The highest BCUT2D eigenvalue weighted by molar-refractivity contribution is 6.32. The number of ether oxygens (including phenoxy) is 1. The lowest BCUT2D eigenvalue weighted by molar-refractivity contribution is 0.0599. The molecule has 1 aromatic carbocycles. The van der Waals surface area contributed by atoms with Gasteiger partial charge in [-0.15, -0.1) is 0 Å². The highest BCUT2D eigenvalue weighted by atomic mass is 35.5. The summed E-state index contributed by atoms with van der Waals surface area (Å²) in [6, 6.07) is 8.03. The van der Waals surface area contributed by atoms with E-state index < -0.39 is 11.9 Å². The minimum absolute atomic E-state index is 0.0784. The van der Waals surface area contributed by atoms with Crippen LogP contribution in [0.25, 0.3) is 11.1 Å². The maximum absolute atomic E-state index is 11.5. The Bertz CT molecular complexity index is 685. The fraction of sp³-hybridized carbons (Fsp3) is 0.0714. The molecular formula is C14H10ClNO4. The number of hydrogen-bond acceptors (Lipinski definition) is 4. The van der Waals surface area contributed by atoms with Crippen LogP contribution in [0.2, 0.25) is 5.15 Å². The van der Waals surface area contributed by atoms with Crippen LogP contribution >= 0.6 is 11.6 Å². The average Bonchev–Trinajstić information content (AvgIpc) is 2.46. The molecule has 0 fully saturated rings. The number of carbonyl (C=O) groups excluding carboxylic acids is 1. The number of methoxy groups -OCH3 is 1. The van der Waals surface area contributed by atoms with Crippen molar-refractivity contribution in [3.63, 3.8) is 0 Å². The normalized spacial score (nSPS) is 10.1. The van der Waals surface area contributed by atoms with Crippen LogP contribution in [0.15, 0.2) is 36.5 Å². The predicted octanol–water partition coefficient (Wildman–Crippen LogP) is 2.89. The van der Waals surface area contributed by atoms with Crippen molar-refractivity contribution in [2.24, 2.45) is 0 Å². The third-order valence-corrected chi connectivity index (χ3v) is 2.99. The molecule has 0 aliphatic heterocycles. The smallest absolute Gasteiger partial charge is 0.338 e. The molecule has 0 atom stereocenters. The zero-order valence-electron chi connectivity index (χ0n) is 10.5. The lowest BCUT2D eigenvalue weighted by Gasteiger charge is -2.06. The Labute approximate surface area is 119 Å². The van der Waals surface area contributed by atoms with E-state index in [2.05, 4.69) is 9.72 Å². The van der Waals surface area contributed by atoms with Crippen molar-refractivity contribution in [2.45, 2.75) is 0 Å². The number of nitrogens with zero attached hydrogens (tertiary/aromatic N) is 1. The maximum Gasteiger partial charge on any atom is 0.338 e. The number of rotatable bonds is 3. The molecule has 0 aliphatic rings. The van der Waals surface area contributed by atoms with E-state index in [0.29, 0.717) is 16.7 Å². The Kier molecular flexibility index (Phi) is 4.00. The zero-order valence-corrected chi connectivity index (χ0v) is 11.2. The Morgan fingerprint density at radius 1 is 1.25 bits per heavy atom. The van der Waals surface area contributed by atoms with E-state index in [-0.39, 0.29) is 10.7 Å². The van der Waals surface area contributed by atoms with E-state index in [4.69, 9.17) is 16.7 Å². The number of aromatic nitrogens is 1. The van der Waals surface area contributed by atoms with Gasteiger partial charge in [-0.05, 0) is 23.8 Å². The fourth-order valence-corrected chi connectivity index (χ4v) is 1.88. The molecule has 2 rings (SSSR count). The number of pyridine rings is 1. The number of hydrogen-bond donors (Lipinski definition) is 1. The number of carbonyl (C=O) groups is 2. The van der Waals surface area contributed by atoms with Gasteiger partial charge < -0.3 is 9.84 Å². The molecule has 0 spiro atoms. The molecule has 0 radical (unpaired) electrons. The topological polar surface area (TPSA) is 76.5 Å². The first-order valence-corrected chi connectivity index (χ1v) is 5.98. The van der Waals surface area contributed by atoms with Crippen molar-refractivity contribution in [3.05, 3.63) is 52.8 Å². The molecule has 0 saturated heterocycles. The summed E-state index contributed by atoms with van der Waals surface area (Å²) in [5.74, 6) is -1.62. The van der Waals surface area contributed by atoms with Gasteiger partial charge in [0.2, 0.25) is 0 Å². The molecule has 20 heavy (non-hydrogen) atoms. The molecule has 0 amide bonds. The van der Waals surface area contributed by atoms with Crippen molar-refractivity contribution >= 4 is 23.5 Å². The second kappa shape index (κ2) is 5.71. The van der Waals surface area contributed by atoms with Crippen LogP contribution in [0.1, 0.15) is 20.7 Å². The van der Waals surface area contributed by atoms with E-state index in [9.17, 15) is 9.59 Å². The van der Waals surface area contributed by atoms with Gasteiger partial charge in [0.25, 0.3) is 0 Å². The first kappa shape index (κ1) is 14.0. The lowest BCUT2D eigenvalue weighted by atomic mass is 10.0. The number of benzene rings is 1. The van der Waals surface area contributed by atoms with Crippen LogP contribution < -0.4 is 0 Å². The number of halogens is 1. The first-order chi connectivity index (χ1) is 9.52. The van der Waals surface area contributed by atoms with Crippen LogP contribution in [0.5, 0.6) is 0 Å². The molecule has 5 nitrogen and oxygen atoms in total. The van der Waals surface area contributed by atoms with E-state index in [0.717, 1.165) is 0 Å². The monoisotopic (exact) mass is 291 g/mol. The Morgan fingerprint density at radius 2 is 2.00 bits per heavy atom. The third-order valence-electron chi connectivity index (χ3n) is 2.69. The molecule has 0 bridgehead atoms. The molecule has 1 aromatic heterocycles. The SMILES string of the molecule is COC(=O)c1cccc(-c2cnc(Cl)c(C(=O)O)c2)c1. The van der Waals surface area contributed by atoms with Crippen molar-refractivity contribution in [1.29, 1.82) is 0 Å². The van der Waals surface area contributed by atoms with Crippen LogP contribution in [0.3, 0.4) is 0 Å². The van der Waals surface area contributed by atoms with Crippen molar-refractivity contribution in [2.75, 3.05) is 7.11 Å². The largest absolute Gasteiger partial charge is 0.478 e. The van der Waals surface area contributed by atoms with Crippen LogP contribution in [-0.4, -0.2) is 29.1 Å². The Hall–Kier alpha value is -2.40. The number of aromatic carboxylic acids is 1. The van der Waals surface area contributed by atoms with Gasteiger partial charge in [0.15, 0.2) is 0 Å². The van der Waals surface area contributed by atoms with Gasteiger partial charge in [-0.1, -0.05) is 23.7 Å². The molecular weight excluding hydrogens is 282 g/mol. The fourth-order valence-electron chi connectivity index (χ4n) is 1.70. The Morgan fingerprint density at radius 3 is 2.65 bits per heavy atom. The van der Waals surface area contributed by atoms with Gasteiger partial charge in [0.05, 0.1) is 18.2 Å². The molecule has 0 aliphatic carbocycles. The molecule has 1 heterocycles. The highest BCUT2D eigenvalue weighted by Gasteiger charge is 2.13. The van der Waals surface area contributed by atoms with E-state index >= 15 is 0 Å². The van der Waals surface area contributed by atoms with Gasteiger partial charge in [-0.3, -0.25) is 0 Å². The van der Waals surface area contributed by atoms with Gasteiger partial charge in [0, 0.05) is 11.8 Å². The first-order valence-electron chi connectivity index (χ1n) is 5.60. The quantitative estimate of drug-likeness (QED) is 0.695. The molecule has 2 aromatic rings. The van der Waals surface area contributed by atoms with Crippen LogP contribution in [0.4, 0.5) is 0 Å². The van der Waals surface area contributed by atoms with Crippen LogP contribution in [0, 0.1) is 0 Å². The van der Waals surface area contributed by atoms with Gasteiger partial charge in [0.1, 0.15) is 5.15 Å². The number of esters is 1. The molecule has 0 saturated carbocycles. The summed E-state index contributed by atoms with van der Waals surface area (Å²) in [6.07, 6.45) is 1.45. The summed E-state index contributed by atoms with van der Waals surface area (Å²) in [6.45, 7) is 0. The summed E-state index contributed by atoms with van der Waals surface area (Å²) in [4.78, 5) is 26.3. The molecule has 6 heteroatoms. The summed E-state index contributed by atoms with van der Waals surface area (Å²) in [5.41, 5.74) is 1.49. The summed E-state index contributed by atoms with van der Waals surface area (Å²) >= 11 is 5.72. The van der Waals surface area contributed by atoms with Crippen molar-refractivity contribution in [3.8, 4) is 11.1 Å². The van der Waals surface area contributed by atoms with Crippen molar-refractivity contribution < 1.29 is 19.4 Å². The second-order valence-electron chi connectivity index (χ2n) is 3.94. The third kappa shape index (κ3) is 2.78. The van der Waals surface area contributed by atoms with Gasteiger partial charge in [-0.2, -0.15) is 0 Å². The predicted molar refractivity (Wildman–Crippen MR) is 73.0 cm³/mol. The molecule has 102 valence electrons. The highest BCUT2D eigenvalue weighted by Crippen LogP contribution is 2.24. The average molecular weight is 292 g/mol. The second-order valence-corrected chi connectivity index (χ2v) is 4.30. The van der Waals surface area contributed by atoms with Crippen molar-refractivity contribution in [1.82, 2.24) is 4.98 Å². The van der Waals surface area contributed by atoms with E-state index in [1.165, 1.54) is 19.4 Å². The number of carboxylic acids is 1. The summed E-state index contributed by atoms with van der Waals surface area (Å²) in [7, 11) is 1.29. The van der Waals surface area contributed by atoms with E-state index in [1.54, 1.807) is 24.3 Å². The van der Waals surface area contributed by atoms with Gasteiger partial charge in [-0.25, -0.2) is 14.6 Å². The zero-order chi connectivity index (χ0) is 14.7. The van der Waals surface area contributed by atoms with E-state index in [1.807, 2.05) is 0 Å². The maximum atomic E-state index is 11.5. The summed E-state index contributed by atoms with van der Waals surface area (Å²) < 4.78 is 4.64. The minimum Gasteiger partial charge on any atom is -0.478 e. The van der Waals surface area contributed by atoms with Crippen LogP contribution in [-0.2, 0) is 4.74 Å². The standard InChI is InChI=1S/C14H10ClNO4/c1-20-14(19)9-4-2-3-8(5-9)10-6-11(13(17)18)12(15)16-7-10/h2-7H,1H3,(H,17,18).